The number of methoxy groups -OCH3 is 2. The number of carbonyl (C=O) groups is 1. The molecule has 0 aliphatic rings. The highest BCUT2D eigenvalue weighted by atomic mass is 32.2. The number of benzene rings is 2. The van der Waals surface area contributed by atoms with Crippen LogP contribution in [0.3, 0.4) is 0 Å². The van der Waals surface area contributed by atoms with Crippen molar-refractivity contribution in [2.75, 3.05) is 25.3 Å². The van der Waals surface area contributed by atoms with Crippen molar-refractivity contribution in [3.63, 3.8) is 0 Å². The molecule has 0 radical (unpaired) electrons. The number of aromatic nitrogens is 1. The monoisotopic (exact) mass is 379 g/mol. The molecule has 1 N–H and O–H groups in total. The van der Waals surface area contributed by atoms with E-state index in [-0.39, 0.29) is 11.7 Å². The second kappa shape index (κ2) is 8.43. The third-order valence-corrected chi connectivity index (χ3v) is 4.82. The van der Waals surface area contributed by atoms with Crippen LogP contribution in [-0.4, -0.2) is 30.9 Å². The molecular formula is C20H17N3O3S. The predicted octanol–water partition coefficient (Wildman–Crippen LogP) is 3.85. The first-order chi connectivity index (χ1) is 13.1. The van der Waals surface area contributed by atoms with E-state index in [0.717, 1.165) is 10.9 Å². The van der Waals surface area contributed by atoms with Crippen molar-refractivity contribution in [2.45, 2.75) is 5.03 Å². The maximum Gasteiger partial charge on any atom is 0.234 e. The van der Waals surface area contributed by atoms with E-state index >= 15 is 0 Å². The lowest BCUT2D eigenvalue weighted by Gasteiger charge is -2.10. The molecule has 6 nitrogen and oxygen atoms in total. The SMILES string of the molecule is COc1ccc2nc(SCC(=O)Nc3ccccc3OC)c(C#N)cc2c1. The minimum atomic E-state index is -0.204. The maximum absolute atomic E-state index is 12.3. The lowest BCUT2D eigenvalue weighted by atomic mass is 10.1. The Balaban J connectivity index is 1.76. The van der Waals surface area contributed by atoms with E-state index in [1.165, 1.54) is 11.8 Å². The number of fused-ring (bicyclic) bond motifs is 1. The van der Waals surface area contributed by atoms with E-state index in [1.54, 1.807) is 32.4 Å². The standard InChI is InChI=1S/C20H17N3O3S/c1-25-15-7-8-16-13(10-15)9-14(11-21)20(23-16)27-12-19(24)22-17-5-3-4-6-18(17)26-2/h3-10H,12H2,1-2H3,(H,22,24). The smallest absolute Gasteiger partial charge is 0.234 e. The van der Waals surface area contributed by atoms with Gasteiger partial charge in [-0.25, -0.2) is 4.98 Å². The fourth-order valence-corrected chi connectivity index (χ4v) is 3.29. The Morgan fingerprint density at radius 3 is 2.74 bits per heavy atom. The first-order valence-corrected chi connectivity index (χ1v) is 9.07. The van der Waals surface area contributed by atoms with Crippen molar-refractivity contribution < 1.29 is 14.3 Å². The number of nitriles is 1. The molecule has 3 aromatic rings. The molecule has 1 aromatic heterocycles. The highest BCUT2D eigenvalue weighted by Crippen LogP contribution is 2.28. The zero-order valence-corrected chi connectivity index (χ0v) is 15.7. The van der Waals surface area contributed by atoms with Crippen molar-refractivity contribution in [1.82, 2.24) is 4.98 Å². The summed E-state index contributed by atoms with van der Waals surface area (Å²) in [4.78, 5) is 16.8. The van der Waals surface area contributed by atoms with Gasteiger partial charge in [0.1, 0.15) is 22.6 Å². The molecule has 0 unspecified atom stereocenters. The number of rotatable bonds is 6. The molecule has 2 aromatic carbocycles. The molecule has 3 rings (SSSR count). The number of hydrogen-bond acceptors (Lipinski definition) is 6. The summed E-state index contributed by atoms with van der Waals surface area (Å²) in [6, 6.07) is 16.5. The molecule has 1 heterocycles. The van der Waals surface area contributed by atoms with Gasteiger partial charge in [0, 0.05) is 5.39 Å². The quantitative estimate of drug-likeness (QED) is 0.655. The van der Waals surface area contributed by atoms with Gasteiger partial charge in [-0.05, 0) is 36.4 Å². The maximum atomic E-state index is 12.3. The van der Waals surface area contributed by atoms with Crippen molar-refractivity contribution in [2.24, 2.45) is 0 Å². The fraction of sp³-hybridized carbons (Fsp3) is 0.150. The number of nitrogens with one attached hydrogen (secondary N) is 1. The molecule has 136 valence electrons. The Morgan fingerprint density at radius 1 is 1.19 bits per heavy atom. The number of para-hydroxylation sites is 2. The Morgan fingerprint density at radius 2 is 2.00 bits per heavy atom. The van der Waals surface area contributed by atoms with Crippen LogP contribution in [0.25, 0.3) is 10.9 Å². The van der Waals surface area contributed by atoms with E-state index in [1.807, 2.05) is 30.3 Å². The lowest BCUT2D eigenvalue weighted by molar-refractivity contribution is -0.113. The van der Waals surface area contributed by atoms with Crippen LogP contribution in [0.1, 0.15) is 5.56 Å². The summed E-state index contributed by atoms with van der Waals surface area (Å²) < 4.78 is 10.4. The summed E-state index contributed by atoms with van der Waals surface area (Å²) in [5.74, 6) is 1.21. The molecule has 0 aliphatic carbocycles. The lowest BCUT2D eigenvalue weighted by Crippen LogP contribution is -2.14. The average Bonchev–Trinajstić information content (AvgIpc) is 2.71. The second-order valence-corrected chi connectivity index (χ2v) is 6.51. The number of thioether (sulfide) groups is 1. The first kappa shape index (κ1) is 18.5. The number of amides is 1. The van der Waals surface area contributed by atoms with Crippen LogP contribution in [0, 0.1) is 11.3 Å². The van der Waals surface area contributed by atoms with Crippen LogP contribution in [0.15, 0.2) is 53.6 Å². The van der Waals surface area contributed by atoms with Gasteiger partial charge >= 0.3 is 0 Å². The summed E-state index contributed by atoms with van der Waals surface area (Å²) in [6.45, 7) is 0. The number of ether oxygens (including phenoxy) is 2. The zero-order valence-electron chi connectivity index (χ0n) is 14.9. The van der Waals surface area contributed by atoms with Crippen molar-refractivity contribution >= 4 is 34.3 Å². The van der Waals surface area contributed by atoms with Crippen LogP contribution in [0.5, 0.6) is 11.5 Å². The third-order valence-electron chi connectivity index (χ3n) is 3.83. The van der Waals surface area contributed by atoms with Crippen LogP contribution >= 0.6 is 11.8 Å². The Labute approximate surface area is 161 Å². The van der Waals surface area contributed by atoms with E-state index < -0.39 is 0 Å². The minimum absolute atomic E-state index is 0.126. The number of carbonyl (C=O) groups excluding carboxylic acids is 1. The molecule has 0 spiro atoms. The summed E-state index contributed by atoms with van der Waals surface area (Å²) >= 11 is 1.22. The normalized spacial score (nSPS) is 10.3. The largest absolute Gasteiger partial charge is 0.497 e. The molecule has 0 atom stereocenters. The van der Waals surface area contributed by atoms with Gasteiger partial charge in [0.25, 0.3) is 0 Å². The van der Waals surface area contributed by atoms with Crippen molar-refractivity contribution in [3.8, 4) is 17.6 Å². The van der Waals surface area contributed by atoms with Gasteiger partial charge in [-0.1, -0.05) is 23.9 Å². The van der Waals surface area contributed by atoms with Crippen LogP contribution in [0.2, 0.25) is 0 Å². The topological polar surface area (TPSA) is 84.2 Å². The predicted molar refractivity (Wildman–Crippen MR) is 105 cm³/mol. The van der Waals surface area contributed by atoms with Crippen molar-refractivity contribution in [1.29, 1.82) is 5.26 Å². The van der Waals surface area contributed by atoms with E-state index in [2.05, 4.69) is 16.4 Å². The highest BCUT2D eigenvalue weighted by Gasteiger charge is 2.12. The number of anilines is 1. The van der Waals surface area contributed by atoms with Gasteiger partial charge in [-0.3, -0.25) is 4.79 Å². The van der Waals surface area contributed by atoms with Gasteiger partial charge in [0.05, 0.1) is 36.7 Å². The van der Waals surface area contributed by atoms with Crippen LogP contribution < -0.4 is 14.8 Å². The van der Waals surface area contributed by atoms with Crippen LogP contribution in [-0.2, 0) is 4.79 Å². The van der Waals surface area contributed by atoms with Gasteiger partial charge < -0.3 is 14.8 Å². The summed E-state index contributed by atoms with van der Waals surface area (Å²) in [5, 5.41) is 13.6. The summed E-state index contributed by atoms with van der Waals surface area (Å²) in [6.07, 6.45) is 0. The Hall–Kier alpha value is -3.24. The third kappa shape index (κ3) is 4.30. The fourth-order valence-electron chi connectivity index (χ4n) is 2.52. The molecular weight excluding hydrogens is 362 g/mol. The highest BCUT2D eigenvalue weighted by molar-refractivity contribution is 8.00. The zero-order chi connectivity index (χ0) is 19.2. The number of nitrogens with zero attached hydrogens (tertiary/aromatic N) is 2. The average molecular weight is 379 g/mol. The van der Waals surface area contributed by atoms with Gasteiger partial charge in [-0.2, -0.15) is 5.26 Å². The minimum Gasteiger partial charge on any atom is -0.497 e. The molecule has 0 aliphatic heterocycles. The van der Waals surface area contributed by atoms with Gasteiger partial charge in [0.15, 0.2) is 0 Å². The van der Waals surface area contributed by atoms with E-state index in [4.69, 9.17) is 9.47 Å². The van der Waals surface area contributed by atoms with E-state index in [0.29, 0.717) is 27.8 Å². The Bertz CT molecular complexity index is 1030. The van der Waals surface area contributed by atoms with E-state index in [9.17, 15) is 10.1 Å². The Kier molecular flexibility index (Phi) is 5.79. The van der Waals surface area contributed by atoms with Gasteiger partial charge in [-0.15, -0.1) is 0 Å². The van der Waals surface area contributed by atoms with Crippen LogP contribution in [0.4, 0.5) is 5.69 Å². The van der Waals surface area contributed by atoms with Gasteiger partial charge in [0.2, 0.25) is 5.91 Å². The first-order valence-electron chi connectivity index (χ1n) is 8.09. The summed E-state index contributed by atoms with van der Waals surface area (Å²) in [7, 11) is 3.14. The summed E-state index contributed by atoms with van der Waals surface area (Å²) in [5.41, 5.74) is 1.76. The molecule has 7 heteroatoms. The molecule has 1 amide bonds. The molecule has 27 heavy (non-hydrogen) atoms. The van der Waals surface area contributed by atoms with Crippen molar-refractivity contribution in [3.05, 3.63) is 54.1 Å². The molecule has 0 bridgehead atoms. The number of hydrogen-bond donors (Lipinski definition) is 1. The molecule has 0 saturated heterocycles. The second-order valence-electron chi connectivity index (χ2n) is 5.55. The molecule has 0 saturated carbocycles. The molecule has 0 fully saturated rings. The number of pyridine rings is 1.